The maximum absolute atomic E-state index is 5.74. The highest BCUT2D eigenvalue weighted by molar-refractivity contribution is 5.42. The highest BCUT2D eigenvalue weighted by Crippen LogP contribution is 2.42. The van der Waals surface area contributed by atoms with E-state index in [2.05, 4.69) is 55.7 Å². The summed E-state index contributed by atoms with van der Waals surface area (Å²) in [4.78, 5) is 0. The Bertz CT molecular complexity index is 378. The molecule has 0 aromatic heterocycles. The minimum Gasteiger partial charge on any atom is -0.384 e. The van der Waals surface area contributed by atoms with Crippen LogP contribution in [0.3, 0.4) is 0 Å². The van der Waals surface area contributed by atoms with Crippen LogP contribution in [0.5, 0.6) is 0 Å². The molecule has 106 valence electrons. The fourth-order valence-electron chi connectivity index (χ4n) is 2.73. The number of benzene rings is 1. The first-order valence-corrected chi connectivity index (χ1v) is 7.28. The molecule has 1 fully saturated rings. The third-order valence-electron chi connectivity index (χ3n) is 4.16. The van der Waals surface area contributed by atoms with Gasteiger partial charge in [-0.15, -0.1) is 0 Å². The summed E-state index contributed by atoms with van der Waals surface area (Å²) in [6.45, 7) is 9.41. The molecule has 0 saturated heterocycles. The minimum absolute atomic E-state index is 0.253. The SMILES string of the molecule is CCOC1CC(NCCNc2ccccc2)C1(C)C. The van der Waals surface area contributed by atoms with Crippen molar-refractivity contribution in [3.05, 3.63) is 30.3 Å². The molecule has 19 heavy (non-hydrogen) atoms. The molecule has 2 rings (SSSR count). The zero-order valence-corrected chi connectivity index (χ0v) is 12.3. The van der Waals surface area contributed by atoms with Crippen molar-refractivity contribution in [3.63, 3.8) is 0 Å². The van der Waals surface area contributed by atoms with E-state index < -0.39 is 0 Å². The summed E-state index contributed by atoms with van der Waals surface area (Å²) >= 11 is 0. The summed E-state index contributed by atoms with van der Waals surface area (Å²) in [7, 11) is 0. The van der Waals surface area contributed by atoms with Gasteiger partial charge in [0.2, 0.25) is 0 Å². The lowest BCUT2D eigenvalue weighted by molar-refractivity contribution is -0.113. The second-order valence-corrected chi connectivity index (χ2v) is 5.80. The molecule has 1 aliphatic rings. The van der Waals surface area contributed by atoms with E-state index in [0.29, 0.717) is 12.1 Å². The van der Waals surface area contributed by atoms with Crippen LogP contribution in [0.4, 0.5) is 5.69 Å². The van der Waals surface area contributed by atoms with Gasteiger partial charge in [-0.2, -0.15) is 0 Å². The summed E-state index contributed by atoms with van der Waals surface area (Å²) in [5, 5.41) is 7.04. The summed E-state index contributed by atoms with van der Waals surface area (Å²) in [5.41, 5.74) is 1.44. The van der Waals surface area contributed by atoms with Gasteiger partial charge >= 0.3 is 0 Å². The topological polar surface area (TPSA) is 33.3 Å². The Morgan fingerprint density at radius 3 is 2.58 bits per heavy atom. The van der Waals surface area contributed by atoms with Crippen molar-refractivity contribution >= 4 is 5.69 Å². The largest absolute Gasteiger partial charge is 0.384 e. The predicted octanol–water partition coefficient (Wildman–Crippen LogP) is 2.89. The average molecular weight is 262 g/mol. The molecular formula is C16H26N2O. The summed E-state index contributed by atoms with van der Waals surface area (Å²) < 4.78 is 5.74. The van der Waals surface area contributed by atoms with Crippen molar-refractivity contribution in [1.82, 2.24) is 5.32 Å². The fraction of sp³-hybridized carbons (Fsp3) is 0.625. The van der Waals surface area contributed by atoms with E-state index in [9.17, 15) is 0 Å². The van der Waals surface area contributed by atoms with Crippen molar-refractivity contribution in [2.24, 2.45) is 5.41 Å². The zero-order chi connectivity index (χ0) is 13.7. The van der Waals surface area contributed by atoms with Gasteiger partial charge in [0.15, 0.2) is 0 Å². The van der Waals surface area contributed by atoms with E-state index in [0.717, 1.165) is 26.1 Å². The van der Waals surface area contributed by atoms with Crippen LogP contribution in [-0.4, -0.2) is 31.8 Å². The van der Waals surface area contributed by atoms with Crippen LogP contribution in [0.25, 0.3) is 0 Å². The third kappa shape index (κ3) is 3.48. The molecule has 0 spiro atoms. The Kier molecular flexibility index (Phi) is 4.83. The van der Waals surface area contributed by atoms with Gasteiger partial charge in [0.1, 0.15) is 0 Å². The number of hydrogen-bond acceptors (Lipinski definition) is 3. The molecule has 1 aromatic carbocycles. The number of rotatable bonds is 7. The van der Waals surface area contributed by atoms with Gasteiger partial charge in [-0.05, 0) is 25.5 Å². The molecule has 1 saturated carbocycles. The van der Waals surface area contributed by atoms with Crippen molar-refractivity contribution in [2.45, 2.75) is 39.3 Å². The molecule has 1 aliphatic carbocycles. The van der Waals surface area contributed by atoms with E-state index in [1.807, 2.05) is 6.07 Å². The summed E-state index contributed by atoms with van der Waals surface area (Å²) in [5.74, 6) is 0. The maximum atomic E-state index is 5.74. The van der Waals surface area contributed by atoms with Crippen LogP contribution >= 0.6 is 0 Å². The van der Waals surface area contributed by atoms with Gasteiger partial charge in [0.05, 0.1) is 6.10 Å². The standard InChI is InChI=1S/C16H26N2O/c1-4-19-15-12-14(16(15,2)3)18-11-10-17-13-8-6-5-7-9-13/h5-9,14-15,17-18H,4,10-12H2,1-3H3. The van der Waals surface area contributed by atoms with Gasteiger partial charge in [0.25, 0.3) is 0 Å². The molecule has 3 nitrogen and oxygen atoms in total. The van der Waals surface area contributed by atoms with Gasteiger partial charge in [-0.1, -0.05) is 32.0 Å². The molecule has 2 N–H and O–H groups in total. The molecule has 0 aliphatic heterocycles. The molecule has 2 unspecified atom stereocenters. The highest BCUT2D eigenvalue weighted by atomic mass is 16.5. The number of nitrogens with one attached hydrogen (secondary N) is 2. The average Bonchev–Trinajstić information content (AvgIpc) is 2.42. The van der Waals surface area contributed by atoms with E-state index in [-0.39, 0.29) is 5.41 Å². The molecule has 2 atom stereocenters. The first-order chi connectivity index (χ1) is 9.14. The van der Waals surface area contributed by atoms with E-state index in [4.69, 9.17) is 4.74 Å². The summed E-state index contributed by atoms with van der Waals surface area (Å²) in [6, 6.07) is 10.9. The van der Waals surface area contributed by atoms with Crippen LogP contribution in [0.1, 0.15) is 27.2 Å². The van der Waals surface area contributed by atoms with Crippen LogP contribution < -0.4 is 10.6 Å². The van der Waals surface area contributed by atoms with Crippen molar-refractivity contribution < 1.29 is 4.74 Å². The van der Waals surface area contributed by atoms with E-state index >= 15 is 0 Å². The molecule has 0 radical (unpaired) electrons. The molecule has 0 heterocycles. The van der Waals surface area contributed by atoms with Crippen LogP contribution in [-0.2, 0) is 4.74 Å². The maximum Gasteiger partial charge on any atom is 0.0655 e. The normalized spacial score (nSPS) is 24.8. The predicted molar refractivity (Wildman–Crippen MR) is 80.5 cm³/mol. The third-order valence-corrected chi connectivity index (χ3v) is 4.16. The molecule has 1 aromatic rings. The lowest BCUT2D eigenvalue weighted by atomic mass is 9.64. The van der Waals surface area contributed by atoms with Crippen molar-refractivity contribution in [1.29, 1.82) is 0 Å². The second kappa shape index (κ2) is 6.40. The molecular weight excluding hydrogens is 236 g/mol. The van der Waals surface area contributed by atoms with Gasteiger partial charge in [-0.25, -0.2) is 0 Å². The zero-order valence-electron chi connectivity index (χ0n) is 12.3. The van der Waals surface area contributed by atoms with Gasteiger partial charge in [0, 0.05) is 36.8 Å². The molecule has 3 heteroatoms. The van der Waals surface area contributed by atoms with E-state index in [1.165, 1.54) is 5.69 Å². The smallest absolute Gasteiger partial charge is 0.0655 e. The lowest BCUT2D eigenvalue weighted by Gasteiger charge is -2.52. The Hall–Kier alpha value is -1.06. The Morgan fingerprint density at radius 2 is 1.95 bits per heavy atom. The fourth-order valence-corrected chi connectivity index (χ4v) is 2.73. The Labute approximate surface area is 116 Å². The highest BCUT2D eigenvalue weighted by Gasteiger charge is 2.48. The van der Waals surface area contributed by atoms with Crippen LogP contribution in [0, 0.1) is 5.41 Å². The number of ether oxygens (including phenoxy) is 1. The molecule has 0 amide bonds. The van der Waals surface area contributed by atoms with E-state index in [1.54, 1.807) is 0 Å². The monoisotopic (exact) mass is 262 g/mol. The first-order valence-electron chi connectivity index (χ1n) is 7.28. The van der Waals surface area contributed by atoms with Crippen molar-refractivity contribution in [2.75, 3.05) is 25.0 Å². The second-order valence-electron chi connectivity index (χ2n) is 5.80. The summed E-state index contributed by atoms with van der Waals surface area (Å²) in [6.07, 6.45) is 1.55. The first kappa shape index (κ1) is 14.4. The number of hydrogen-bond donors (Lipinski definition) is 2. The quantitative estimate of drug-likeness (QED) is 0.741. The van der Waals surface area contributed by atoms with Crippen molar-refractivity contribution in [3.8, 4) is 0 Å². The Morgan fingerprint density at radius 1 is 1.21 bits per heavy atom. The molecule has 0 bridgehead atoms. The number of anilines is 1. The van der Waals surface area contributed by atoms with Gasteiger partial charge in [-0.3, -0.25) is 0 Å². The van der Waals surface area contributed by atoms with Crippen LogP contribution in [0.2, 0.25) is 0 Å². The minimum atomic E-state index is 0.253. The Balaban J connectivity index is 1.65. The number of para-hydroxylation sites is 1. The van der Waals surface area contributed by atoms with Gasteiger partial charge < -0.3 is 15.4 Å². The lowest BCUT2D eigenvalue weighted by Crippen LogP contribution is -2.61. The van der Waals surface area contributed by atoms with Crippen LogP contribution in [0.15, 0.2) is 30.3 Å².